The molecule has 7 heteroatoms. The number of ether oxygens (including phenoxy) is 1. The molecule has 1 unspecified atom stereocenters. The van der Waals surface area contributed by atoms with Crippen LogP contribution in [0.3, 0.4) is 0 Å². The summed E-state index contributed by atoms with van der Waals surface area (Å²) in [4.78, 5) is 0. The zero-order valence-corrected chi connectivity index (χ0v) is 6.57. The van der Waals surface area contributed by atoms with Crippen molar-refractivity contribution in [2.24, 2.45) is 0 Å². The molecule has 1 heterocycles. The first-order valence-corrected chi connectivity index (χ1v) is 3.64. The predicted octanol–water partition coefficient (Wildman–Crippen LogP) is -3.46. The second-order valence-corrected chi connectivity index (χ2v) is 2.89. The molecule has 5 N–H and O–H groups in total. The fraction of sp³-hybridized carbons (Fsp3) is 1.00. The summed E-state index contributed by atoms with van der Waals surface area (Å²) in [5.41, 5.74) is 0. The molecule has 0 saturated carbocycles. The van der Waals surface area contributed by atoms with Gasteiger partial charge in [-0.05, 0) is 0 Å². The first kappa shape index (κ1) is 10.8. The van der Waals surface area contributed by atoms with E-state index in [1.54, 1.807) is 0 Å². The van der Waals surface area contributed by atoms with Gasteiger partial charge in [-0.3, -0.25) is 0 Å². The van der Waals surface area contributed by atoms with Crippen LogP contribution >= 0.6 is 0 Å². The van der Waals surface area contributed by atoms with Gasteiger partial charge in [0.2, 0.25) is 0 Å². The minimum absolute atomic E-state index is 0.811. The second kappa shape index (κ2) is 3.46. The first-order chi connectivity index (χ1) is 5.91. The third-order valence-electron chi connectivity index (χ3n) is 1.92. The summed E-state index contributed by atoms with van der Waals surface area (Å²) in [7, 11) is 0. The van der Waals surface area contributed by atoms with Gasteiger partial charge in [0.15, 0.2) is 12.4 Å². The Balaban J connectivity index is 2.77. The molecule has 0 aliphatic carbocycles. The van der Waals surface area contributed by atoms with Crippen molar-refractivity contribution >= 4 is 0 Å². The van der Waals surface area contributed by atoms with Gasteiger partial charge in [-0.2, -0.15) is 5.11 Å². The Hall–Kier alpha value is -0.280. The molecule has 0 aromatic carbocycles. The van der Waals surface area contributed by atoms with Crippen LogP contribution in [0.5, 0.6) is 0 Å². The highest BCUT2D eigenvalue weighted by atomic mass is 16.7. The maximum atomic E-state index is 11.1. The Labute approximate surface area is 73.4 Å². The molecule has 5 atom stereocenters. The minimum atomic E-state index is -3.01. The van der Waals surface area contributed by atoms with E-state index in [1.165, 1.54) is 0 Å². The van der Waals surface area contributed by atoms with Crippen molar-refractivity contribution in [2.45, 2.75) is 30.4 Å². The van der Waals surface area contributed by atoms with Gasteiger partial charge in [-0.15, -0.1) is 0 Å². The molecule has 1 aliphatic rings. The third kappa shape index (κ3) is 1.67. The highest BCUT2D eigenvalue weighted by Gasteiger charge is 2.58. The number of rotatable bonds is 2. The van der Waals surface area contributed by atoms with Crippen LogP contribution < -0.4 is 0 Å². The number of aliphatic hydroxyl groups excluding tert-OH is 4. The fourth-order valence-electron chi connectivity index (χ4n) is 1.16. The number of hydrogen-bond donors (Lipinski definition) is 5. The van der Waals surface area contributed by atoms with E-state index in [-0.39, 0.29) is 0 Å². The normalized spacial score (nSPS) is 40.6. The van der Waals surface area contributed by atoms with Gasteiger partial charge in [0, 0.05) is 0 Å². The van der Waals surface area contributed by atoms with Crippen LogP contribution in [0.15, 0.2) is 0 Å². The molecule has 0 amide bonds. The molecular weight excluding hydrogens is 184 g/mol. The van der Waals surface area contributed by atoms with Crippen molar-refractivity contribution in [3.63, 3.8) is 0 Å². The standard InChI is InChI=1S/C6H11O7/c7-1-2(8)4-6(11,12)3(9)5(10)13-4/h2-5,7-11H,1H2/t2-,3+,4-,5?,6-/m1/s1. The van der Waals surface area contributed by atoms with Gasteiger partial charge in [0.25, 0.3) is 5.79 Å². The Bertz CT molecular complexity index is 182. The quantitative estimate of drug-likeness (QED) is 0.291. The van der Waals surface area contributed by atoms with E-state index in [0.29, 0.717) is 0 Å². The molecule has 1 fully saturated rings. The Morgan fingerprint density at radius 1 is 1.46 bits per heavy atom. The Morgan fingerprint density at radius 3 is 2.31 bits per heavy atom. The highest BCUT2D eigenvalue weighted by molar-refractivity contribution is 4.95. The van der Waals surface area contributed by atoms with Crippen LogP contribution in [-0.2, 0) is 9.84 Å². The van der Waals surface area contributed by atoms with Gasteiger partial charge in [0.1, 0.15) is 12.2 Å². The summed E-state index contributed by atoms with van der Waals surface area (Å²) in [6.45, 7) is -0.811. The Kier molecular flexibility index (Phi) is 2.88. The lowest BCUT2D eigenvalue weighted by Gasteiger charge is -2.24. The first-order valence-electron chi connectivity index (χ1n) is 3.64. The maximum Gasteiger partial charge on any atom is 0.259 e. The van der Waals surface area contributed by atoms with Crippen LogP contribution in [0.2, 0.25) is 0 Å². The van der Waals surface area contributed by atoms with Crippen LogP contribution in [0.1, 0.15) is 0 Å². The van der Waals surface area contributed by atoms with Crippen LogP contribution in [0.25, 0.3) is 0 Å². The zero-order valence-electron chi connectivity index (χ0n) is 6.57. The van der Waals surface area contributed by atoms with Crippen molar-refractivity contribution in [2.75, 3.05) is 6.61 Å². The topological polar surface area (TPSA) is 130 Å². The summed E-state index contributed by atoms with van der Waals surface area (Å²) in [6.07, 6.45) is -7.29. The molecule has 0 bridgehead atoms. The van der Waals surface area contributed by atoms with Crippen molar-refractivity contribution in [3.8, 4) is 0 Å². The summed E-state index contributed by atoms with van der Waals surface area (Å²) in [5, 5.41) is 55.3. The van der Waals surface area contributed by atoms with Gasteiger partial charge >= 0.3 is 0 Å². The van der Waals surface area contributed by atoms with Crippen molar-refractivity contribution in [3.05, 3.63) is 0 Å². The lowest BCUT2D eigenvalue weighted by Crippen LogP contribution is -2.52. The van der Waals surface area contributed by atoms with E-state index >= 15 is 0 Å². The maximum absolute atomic E-state index is 11.1. The number of aliphatic hydroxyl groups is 5. The van der Waals surface area contributed by atoms with E-state index in [9.17, 15) is 5.11 Å². The monoisotopic (exact) mass is 195 g/mol. The largest absolute Gasteiger partial charge is 0.394 e. The average molecular weight is 195 g/mol. The average Bonchev–Trinajstić information content (AvgIpc) is 2.28. The summed E-state index contributed by atoms with van der Waals surface area (Å²) in [6, 6.07) is 0. The molecule has 7 nitrogen and oxygen atoms in total. The van der Waals surface area contributed by atoms with Crippen molar-refractivity contribution < 1.29 is 35.4 Å². The minimum Gasteiger partial charge on any atom is -0.394 e. The number of hydrogen-bond acceptors (Lipinski definition) is 6. The van der Waals surface area contributed by atoms with E-state index < -0.39 is 37.0 Å². The lowest BCUT2D eigenvalue weighted by molar-refractivity contribution is -0.280. The van der Waals surface area contributed by atoms with Crippen LogP contribution in [0.4, 0.5) is 0 Å². The molecule has 0 aromatic heterocycles. The fourth-order valence-corrected chi connectivity index (χ4v) is 1.16. The van der Waals surface area contributed by atoms with Crippen molar-refractivity contribution in [1.29, 1.82) is 0 Å². The van der Waals surface area contributed by atoms with Crippen molar-refractivity contribution in [1.82, 2.24) is 0 Å². The predicted molar refractivity (Wildman–Crippen MR) is 35.6 cm³/mol. The van der Waals surface area contributed by atoms with Gasteiger partial charge in [-0.1, -0.05) is 0 Å². The molecule has 1 saturated heterocycles. The summed E-state index contributed by atoms with van der Waals surface area (Å²) >= 11 is 0. The Morgan fingerprint density at radius 2 is 2.00 bits per heavy atom. The molecule has 1 radical (unpaired) electrons. The van der Waals surface area contributed by atoms with Crippen LogP contribution in [-0.4, -0.2) is 62.5 Å². The molecule has 1 aliphatic heterocycles. The summed E-state index contributed by atoms with van der Waals surface area (Å²) in [5.74, 6) is -3.01. The van der Waals surface area contributed by atoms with Crippen LogP contribution in [0, 0.1) is 0 Å². The third-order valence-corrected chi connectivity index (χ3v) is 1.92. The van der Waals surface area contributed by atoms with Gasteiger partial charge in [-0.25, -0.2) is 0 Å². The molecule has 0 spiro atoms. The molecular formula is C6H11O7. The smallest absolute Gasteiger partial charge is 0.259 e. The van der Waals surface area contributed by atoms with E-state index in [1.807, 2.05) is 0 Å². The molecule has 77 valence electrons. The van der Waals surface area contributed by atoms with E-state index in [4.69, 9.17) is 25.5 Å². The highest BCUT2D eigenvalue weighted by Crippen LogP contribution is 2.30. The zero-order chi connectivity index (χ0) is 10.2. The lowest BCUT2D eigenvalue weighted by atomic mass is 10.0. The summed E-state index contributed by atoms with van der Waals surface area (Å²) < 4.78 is 4.37. The van der Waals surface area contributed by atoms with Gasteiger partial charge < -0.3 is 30.3 Å². The molecule has 13 heavy (non-hydrogen) atoms. The second-order valence-electron chi connectivity index (χ2n) is 2.89. The SMILES string of the molecule is [O][C@@]1(O)[C@@H]([C@H](O)CO)OC(O)[C@@H]1O. The van der Waals surface area contributed by atoms with E-state index in [2.05, 4.69) is 4.74 Å². The van der Waals surface area contributed by atoms with Gasteiger partial charge in [0.05, 0.1) is 6.61 Å². The van der Waals surface area contributed by atoms with E-state index in [0.717, 1.165) is 0 Å². The molecule has 1 rings (SSSR count). The molecule has 0 aromatic rings.